The first-order valence-electron chi connectivity index (χ1n) is 7.27. The van der Waals surface area contributed by atoms with E-state index >= 15 is 0 Å². The molecule has 1 amide bonds. The van der Waals surface area contributed by atoms with E-state index in [0.29, 0.717) is 19.3 Å². The molecule has 5 nitrogen and oxygen atoms in total. The van der Waals surface area contributed by atoms with Crippen molar-refractivity contribution < 1.29 is 18.3 Å². The molecule has 2 aliphatic rings. The third kappa shape index (κ3) is 2.70. The van der Waals surface area contributed by atoms with Gasteiger partial charge in [0.2, 0.25) is 5.91 Å². The van der Waals surface area contributed by atoms with Gasteiger partial charge >= 0.3 is 0 Å². The highest BCUT2D eigenvalue weighted by molar-refractivity contribution is 7.92. The van der Waals surface area contributed by atoms with Crippen LogP contribution in [-0.4, -0.2) is 36.5 Å². The zero-order valence-electron chi connectivity index (χ0n) is 11.7. The SMILES string of the molecule is O=C(N[C@H]1c2ccccc2C[C@H]1O)C1CCCCS1(=O)=O. The van der Waals surface area contributed by atoms with Gasteiger partial charge in [-0.05, 0) is 24.0 Å². The van der Waals surface area contributed by atoms with E-state index in [2.05, 4.69) is 5.32 Å². The van der Waals surface area contributed by atoms with Crippen LogP contribution in [0.4, 0.5) is 0 Å². The largest absolute Gasteiger partial charge is 0.390 e. The number of sulfone groups is 1. The fraction of sp³-hybridized carbons (Fsp3) is 0.533. The highest BCUT2D eigenvalue weighted by Crippen LogP contribution is 2.32. The number of hydrogen-bond donors (Lipinski definition) is 2. The van der Waals surface area contributed by atoms with E-state index in [9.17, 15) is 18.3 Å². The molecule has 1 aromatic carbocycles. The van der Waals surface area contributed by atoms with Gasteiger partial charge in [-0.3, -0.25) is 4.79 Å². The van der Waals surface area contributed by atoms with Crippen molar-refractivity contribution in [3.63, 3.8) is 0 Å². The van der Waals surface area contributed by atoms with Crippen LogP contribution in [0.5, 0.6) is 0 Å². The summed E-state index contributed by atoms with van der Waals surface area (Å²) in [6.45, 7) is 0. The number of hydrogen-bond acceptors (Lipinski definition) is 4. The minimum atomic E-state index is -3.35. The number of nitrogens with one attached hydrogen (secondary N) is 1. The molecule has 1 aliphatic carbocycles. The number of carbonyl (C=O) groups is 1. The van der Waals surface area contributed by atoms with E-state index in [1.165, 1.54) is 0 Å². The first kappa shape index (κ1) is 14.5. The van der Waals surface area contributed by atoms with Crippen LogP contribution < -0.4 is 5.32 Å². The molecule has 0 bridgehead atoms. The van der Waals surface area contributed by atoms with Gasteiger partial charge in [-0.1, -0.05) is 30.7 Å². The Morgan fingerprint density at radius 2 is 2.00 bits per heavy atom. The second-order valence-corrected chi connectivity index (χ2v) is 8.11. The third-order valence-electron chi connectivity index (χ3n) is 4.37. The molecule has 114 valence electrons. The lowest BCUT2D eigenvalue weighted by Crippen LogP contribution is -2.45. The van der Waals surface area contributed by atoms with Crippen molar-refractivity contribution >= 4 is 15.7 Å². The van der Waals surface area contributed by atoms with Crippen LogP contribution in [0.15, 0.2) is 24.3 Å². The van der Waals surface area contributed by atoms with E-state index in [-0.39, 0.29) is 5.75 Å². The fourth-order valence-corrected chi connectivity index (χ4v) is 5.05. The van der Waals surface area contributed by atoms with Crippen LogP contribution in [-0.2, 0) is 21.1 Å². The van der Waals surface area contributed by atoms with Crippen molar-refractivity contribution in [2.45, 2.75) is 43.1 Å². The Kier molecular flexibility index (Phi) is 3.75. The number of aliphatic hydroxyl groups is 1. The number of fused-ring (bicyclic) bond motifs is 1. The van der Waals surface area contributed by atoms with Crippen molar-refractivity contribution in [3.05, 3.63) is 35.4 Å². The smallest absolute Gasteiger partial charge is 0.238 e. The van der Waals surface area contributed by atoms with Crippen LogP contribution in [0, 0.1) is 0 Å². The van der Waals surface area contributed by atoms with E-state index in [0.717, 1.165) is 17.5 Å². The van der Waals surface area contributed by atoms with Gasteiger partial charge in [-0.25, -0.2) is 8.42 Å². The Morgan fingerprint density at radius 1 is 1.24 bits per heavy atom. The molecular formula is C15H19NO4S. The van der Waals surface area contributed by atoms with Gasteiger partial charge in [0.25, 0.3) is 0 Å². The molecule has 3 rings (SSSR count). The topological polar surface area (TPSA) is 83.5 Å². The first-order chi connectivity index (χ1) is 9.99. The lowest BCUT2D eigenvalue weighted by Gasteiger charge is -2.25. The summed E-state index contributed by atoms with van der Waals surface area (Å²) in [5, 5.41) is 11.9. The normalized spacial score (nSPS) is 30.6. The summed E-state index contributed by atoms with van der Waals surface area (Å²) >= 11 is 0. The van der Waals surface area contributed by atoms with Crippen LogP contribution in [0.3, 0.4) is 0 Å². The molecule has 1 fully saturated rings. The summed E-state index contributed by atoms with van der Waals surface area (Å²) in [5.41, 5.74) is 1.88. The van der Waals surface area contributed by atoms with Gasteiger partial charge in [0.1, 0.15) is 5.25 Å². The molecule has 1 saturated heterocycles. The van der Waals surface area contributed by atoms with Gasteiger partial charge < -0.3 is 10.4 Å². The maximum Gasteiger partial charge on any atom is 0.238 e. The van der Waals surface area contributed by atoms with Gasteiger partial charge in [-0.2, -0.15) is 0 Å². The van der Waals surface area contributed by atoms with Crippen molar-refractivity contribution in [2.75, 3.05) is 5.75 Å². The van der Waals surface area contributed by atoms with Crippen molar-refractivity contribution in [2.24, 2.45) is 0 Å². The molecule has 3 atom stereocenters. The zero-order valence-corrected chi connectivity index (χ0v) is 12.5. The highest BCUT2D eigenvalue weighted by Gasteiger charge is 2.38. The number of rotatable bonds is 2. The minimum absolute atomic E-state index is 0.0783. The van der Waals surface area contributed by atoms with E-state index in [4.69, 9.17) is 0 Å². The van der Waals surface area contributed by atoms with Crippen LogP contribution in [0.1, 0.15) is 36.4 Å². The maximum absolute atomic E-state index is 12.3. The fourth-order valence-electron chi connectivity index (χ4n) is 3.24. The second-order valence-electron chi connectivity index (χ2n) is 5.81. The summed E-state index contributed by atoms with van der Waals surface area (Å²) in [5.74, 6) is -0.398. The zero-order chi connectivity index (χ0) is 15.0. The molecule has 1 aromatic rings. The van der Waals surface area contributed by atoms with E-state index < -0.39 is 33.1 Å². The quantitative estimate of drug-likeness (QED) is 0.843. The summed E-state index contributed by atoms with van der Waals surface area (Å²) in [6.07, 6.45) is 1.54. The summed E-state index contributed by atoms with van der Waals surface area (Å²) in [7, 11) is -3.35. The van der Waals surface area contributed by atoms with Gasteiger partial charge in [0.05, 0.1) is 17.9 Å². The highest BCUT2D eigenvalue weighted by atomic mass is 32.2. The van der Waals surface area contributed by atoms with E-state index in [1.807, 2.05) is 24.3 Å². The van der Waals surface area contributed by atoms with Crippen molar-refractivity contribution in [3.8, 4) is 0 Å². The molecule has 0 saturated carbocycles. The Hall–Kier alpha value is -1.40. The molecule has 21 heavy (non-hydrogen) atoms. The lowest BCUT2D eigenvalue weighted by molar-refractivity contribution is -0.122. The standard InChI is InChI=1S/C15H19NO4S/c17-12-9-10-5-1-2-6-11(10)14(12)16-15(18)13-7-3-4-8-21(13,19)20/h1-2,5-6,12-14,17H,3-4,7-9H2,(H,16,18)/t12-,13?,14+/m1/s1. The van der Waals surface area contributed by atoms with Crippen LogP contribution in [0.25, 0.3) is 0 Å². The Morgan fingerprint density at radius 3 is 2.76 bits per heavy atom. The number of aliphatic hydroxyl groups excluding tert-OH is 1. The average molecular weight is 309 g/mol. The lowest BCUT2D eigenvalue weighted by atomic mass is 10.1. The number of carbonyl (C=O) groups excluding carboxylic acids is 1. The molecule has 0 aromatic heterocycles. The second kappa shape index (κ2) is 5.42. The molecule has 0 radical (unpaired) electrons. The van der Waals surface area contributed by atoms with E-state index in [1.54, 1.807) is 0 Å². The molecule has 2 N–H and O–H groups in total. The number of benzene rings is 1. The molecular weight excluding hydrogens is 290 g/mol. The van der Waals surface area contributed by atoms with Gasteiger partial charge in [0, 0.05) is 6.42 Å². The third-order valence-corrected chi connectivity index (χ3v) is 6.55. The monoisotopic (exact) mass is 309 g/mol. The predicted octanol–water partition coefficient (Wildman–Crippen LogP) is 0.728. The van der Waals surface area contributed by atoms with Gasteiger partial charge in [-0.15, -0.1) is 0 Å². The number of amides is 1. The minimum Gasteiger partial charge on any atom is -0.390 e. The Labute approximate surface area is 124 Å². The molecule has 1 aliphatic heterocycles. The summed E-state index contributed by atoms with van der Waals surface area (Å²) in [6, 6.07) is 7.02. The molecule has 0 spiro atoms. The molecule has 6 heteroatoms. The van der Waals surface area contributed by atoms with Crippen molar-refractivity contribution in [1.29, 1.82) is 0 Å². The predicted molar refractivity (Wildman–Crippen MR) is 78.5 cm³/mol. The Balaban J connectivity index is 1.79. The molecule has 1 heterocycles. The van der Waals surface area contributed by atoms with Gasteiger partial charge in [0.15, 0.2) is 9.84 Å². The Bertz CT molecular complexity index is 655. The van der Waals surface area contributed by atoms with Crippen LogP contribution in [0.2, 0.25) is 0 Å². The summed E-state index contributed by atoms with van der Waals surface area (Å²) < 4.78 is 24.0. The molecule has 1 unspecified atom stereocenters. The van der Waals surface area contributed by atoms with Crippen LogP contribution >= 0.6 is 0 Å². The van der Waals surface area contributed by atoms with Crippen molar-refractivity contribution in [1.82, 2.24) is 5.32 Å². The average Bonchev–Trinajstić information content (AvgIpc) is 2.74. The summed E-state index contributed by atoms with van der Waals surface area (Å²) in [4.78, 5) is 12.3. The maximum atomic E-state index is 12.3. The first-order valence-corrected chi connectivity index (χ1v) is 8.98.